The van der Waals surface area contributed by atoms with Crippen LogP contribution in [-0.2, 0) is 0 Å². The first kappa shape index (κ1) is 20.5. The molecule has 148 valence electrons. The minimum atomic E-state index is 0.883. The van der Waals surface area contributed by atoms with Gasteiger partial charge in [-0.2, -0.15) is 0 Å². The van der Waals surface area contributed by atoms with E-state index in [2.05, 4.69) is 96.0 Å². The lowest BCUT2D eigenvalue weighted by molar-refractivity contribution is 0.596. The molecule has 0 N–H and O–H groups in total. The summed E-state index contributed by atoms with van der Waals surface area (Å²) in [5, 5.41) is 0. The van der Waals surface area contributed by atoms with Gasteiger partial charge in [0.2, 0.25) is 0 Å². The van der Waals surface area contributed by atoms with Crippen molar-refractivity contribution in [3.8, 4) is 45.6 Å². The van der Waals surface area contributed by atoms with Gasteiger partial charge in [-0.1, -0.05) is 98.0 Å². The van der Waals surface area contributed by atoms with Gasteiger partial charge in [-0.25, -0.2) is 0 Å². The van der Waals surface area contributed by atoms with Gasteiger partial charge in [0.1, 0.15) is 11.5 Å². The smallest absolute Gasteiger partial charge is 0.150 e. The number of halogens is 1. The van der Waals surface area contributed by atoms with Gasteiger partial charge in [0.15, 0.2) is 0 Å². The average molecular weight is 502 g/mol. The third-order valence-electron chi connectivity index (χ3n) is 5.00. The predicted molar refractivity (Wildman–Crippen MR) is 134 cm³/mol. The molecule has 4 aromatic rings. The molecule has 0 atom stereocenters. The Morgan fingerprint density at radius 1 is 0.767 bits per heavy atom. The molecule has 1 nitrogen and oxygen atoms in total. The number of hydrogen-bond donors (Lipinski definition) is 0. The quantitative estimate of drug-likeness (QED) is 0.152. The van der Waals surface area contributed by atoms with E-state index in [9.17, 15) is 0 Å². The summed E-state index contributed by atoms with van der Waals surface area (Å²) in [5.74, 6) is 8.47. The zero-order valence-corrected chi connectivity index (χ0v) is 19.1. The van der Waals surface area contributed by atoms with E-state index in [4.69, 9.17) is 4.42 Å². The minimum Gasteiger partial charge on any atom is -0.454 e. The van der Waals surface area contributed by atoms with Crippen LogP contribution in [0.25, 0.3) is 33.8 Å². The predicted octanol–water partition coefficient (Wildman–Crippen LogP) is 8.43. The first-order valence-corrected chi connectivity index (χ1v) is 11.4. The van der Waals surface area contributed by atoms with Crippen molar-refractivity contribution in [2.75, 3.05) is 0 Å². The summed E-state index contributed by atoms with van der Waals surface area (Å²) in [4.78, 5) is 0. The zero-order chi connectivity index (χ0) is 20.8. The lowest BCUT2D eigenvalue weighted by atomic mass is 10.0. The summed E-state index contributed by atoms with van der Waals surface area (Å²) in [6.07, 6.45) is 3.21. The normalized spacial score (nSPS) is 10.5. The number of furan rings is 1. The number of unbranched alkanes of at least 4 members (excludes halogenated alkanes) is 2. The van der Waals surface area contributed by atoms with E-state index in [1.807, 2.05) is 30.3 Å². The summed E-state index contributed by atoms with van der Waals surface area (Å²) in [7, 11) is 0. The van der Waals surface area contributed by atoms with Crippen molar-refractivity contribution < 1.29 is 4.42 Å². The van der Waals surface area contributed by atoms with Gasteiger partial charge < -0.3 is 4.42 Å². The molecule has 0 spiro atoms. The van der Waals surface area contributed by atoms with E-state index in [1.165, 1.54) is 0 Å². The van der Waals surface area contributed by atoms with Crippen LogP contribution in [0.1, 0.15) is 31.7 Å². The molecule has 30 heavy (non-hydrogen) atoms. The van der Waals surface area contributed by atoms with Crippen LogP contribution in [0.3, 0.4) is 0 Å². The fourth-order valence-corrected chi connectivity index (χ4v) is 4.41. The number of hydrogen-bond acceptors (Lipinski definition) is 1. The largest absolute Gasteiger partial charge is 0.454 e. The minimum absolute atomic E-state index is 0.883. The molecular formula is C28H23IO. The molecule has 2 heteroatoms. The Kier molecular flexibility index (Phi) is 6.71. The van der Waals surface area contributed by atoms with Crippen LogP contribution in [0.2, 0.25) is 0 Å². The Hall–Kier alpha value is -2.77. The summed E-state index contributed by atoms with van der Waals surface area (Å²) in [6, 6.07) is 29.1. The highest BCUT2D eigenvalue weighted by molar-refractivity contribution is 14.1. The van der Waals surface area contributed by atoms with Crippen LogP contribution < -0.4 is 0 Å². The lowest BCUT2D eigenvalue weighted by Crippen LogP contribution is -1.85. The Labute approximate surface area is 192 Å². The molecule has 0 saturated carbocycles. The standard InChI is InChI=1S/C28H23IO/c1-2-3-4-7-14-21-15-12-13-20-24(21)28-26(29)25(22-16-8-5-9-17-22)27(30-28)23-18-10-6-11-19-23/h5-6,8-13,15-20H,2-4H2,1H3. The van der Waals surface area contributed by atoms with Gasteiger partial charge in [-0.05, 0) is 46.7 Å². The Balaban J connectivity index is 1.89. The first-order chi connectivity index (χ1) is 14.8. The van der Waals surface area contributed by atoms with E-state index < -0.39 is 0 Å². The summed E-state index contributed by atoms with van der Waals surface area (Å²) >= 11 is 2.42. The van der Waals surface area contributed by atoms with Crippen LogP contribution in [-0.4, -0.2) is 0 Å². The molecule has 0 bridgehead atoms. The van der Waals surface area contributed by atoms with Crippen molar-refractivity contribution in [2.45, 2.75) is 26.2 Å². The van der Waals surface area contributed by atoms with Gasteiger partial charge in [-0.15, -0.1) is 0 Å². The van der Waals surface area contributed by atoms with Gasteiger partial charge in [-0.3, -0.25) is 0 Å². The number of rotatable bonds is 5. The molecular weight excluding hydrogens is 479 g/mol. The van der Waals surface area contributed by atoms with Crippen molar-refractivity contribution >= 4 is 22.6 Å². The van der Waals surface area contributed by atoms with E-state index >= 15 is 0 Å². The maximum Gasteiger partial charge on any atom is 0.150 e. The van der Waals surface area contributed by atoms with E-state index in [1.54, 1.807) is 0 Å². The summed E-state index contributed by atoms with van der Waals surface area (Å²) in [5.41, 5.74) is 5.42. The van der Waals surface area contributed by atoms with Crippen LogP contribution >= 0.6 is 22.6 Å². The number of benzene rings is 3. The Morgan fingerprint density at radius 3 is 2.10 bits per heavy atom. The van der Waals surface area contributed by atoms with E-state index in [-0.39, 0.29) is 0 Å². The molecule has 0 aliphatic carbocycles. The fourth-order valence-electron chi connectivity index (χ4n) is 3.45. The lowest BCUT2D eigenvalue weighted by Gasteiger charge is -2.03. The molecule has 0 aliphatic rings. The van der Waals surface area contributed by atoms with Crippen LogP contribution in [0.5, 0.6) is 0 Å². The third kappa shape index (κ3) is 4.37. The second kappa shape index (κ2) is 9.82. The van der Waals surface area contributed by atoms with Crippen LogP contribution in [0.4, 0.5) is 0 Å². The molecule has 4 rings (SSSR count). The zero-order valence-electron chi connectivity index (χ0n) is 17.0. The molecule has 0 aliphatic heterocycles. The van der Waals surface area contributed by atoms with Gasteiger partial charge in [0.25, 0.3) is 0 Å². The van der Waals surface area contributed by atoms with Gasteiger partial charge in [0, 0.05) is 28.7 Å². The van der Waals surface area contributed by atoms with Gasteiger partial charge >= 0.3 is 0 Å². The third-order valence-corrected chi connectivity index (χ3v) is 6.03. The van der Waals surface area contributed by atoms with Crippen molar-refractivity contribution in [2.24, 2.45) is 0 Å². The van der Waals surface area contributed by atoms with E-state index in [0.29, 0.717) is 0 Å². The molecule has 0 radical (unpaired) electrons. The first-order valence-electron chi connectivity index (χ1n) is 10.3. The molecule has 1 aromatic heterocycles. The monoisotopic (exact) mass is 502 g/mol. The van der Waals surface area contributed by atoms with Gasteiger partial charge in [0.05, 0.1) is 3.57 Å². The van der Waals surface area contributed by atoms with Crippen LogP contribution in [0.15, 0.2) is 89.3 Å². The molecule has 0 amide bonds. The van der Waals surface area contributed by atoms with Crippen molar-refractivity contribution in [3.63, 3.8) is 0 Å². The maximum absolute atomic E-state index is 6.56. The van der Waals surface area contributed by atoms with Crippen molar-refractivity contribution in [1.82, 2.24) is 0 Å². The highest BCUT2D eigenvalue weighted by Gasteiger charge is 2.23. The highest BCUT2D eigenvalue weighted by Crippen LogP contribution is 2.44. The van der Waals surface area contributed by atoms with E-state index in [0.717, 1.165) is 62.2 Å². The van der Waals surface area contributed by atoms with Crippen molar-refractivity contribution in [3.05, 3.63) is 94.1 Å². The summed E-state index contributed by atoms with van der Waals surface area (Å²) < 4.78 is 7.68. The SMILES string of the molecule is CCCCC#Cc1ccccc1-c1oc(-c2ccccc2)c(-c2ccccc2)c1I. The van der Waals surface area contributed by atoms with Crippen LogP contribution in [0, 0.1) is 15.4 Å². The molecule has 1 heterocycles. The van der Waals surface area contributed by atoms with Crippen molar-refractivity contribution in [1.29, 1.82) is 0 Å². The topological polar surface area (TPSA) is 13.1 Å². The molecule has 3 aromatic carbocycles. The average Bonchev–Trinajstić information content (AvgIpc) is 3.15. The fraction of sp³-hybridized carbons (Fsp3) is 0.143. The Morgan fingerprint density at radius 2 is 1.40 bits per heavy atom. The molecule has 0 fully saturated rings. The second-order valence-electron chi connectivity index (χ2n) is 7.13. The Bertz CT molecular complexity index is 1180. The second-order valence-corrected chi connectivity index (χ2v) is 8.21. The maximum atomic E-state index is 6.56. The molecule has 0 saturated heterocycles. The highest BCUT2D eigenvalue weighted by atomic mass is 127. The molecule has 0 unspecified atom stereocenters. The summed E-state index contributed by atoms with van der Waals surface area (Å²) in [6.45, 7) is 2.19.